The second-order valence-corrected chi connectivity index (χ2v) is 6.65. The second-order valence-electron chi connectivity index (χ2n) is 5.80. The molecule has 0 aliphatic rings. The minimum absolute atomic E-state index is 0.101. The molecule has 0 spiro atoms. The summed E-state index contributed by atoms with van der Waals surface area (Å²) in [6.07, 6.45) is 0.383. The number of hydrogen-bond acceptors (Lipinski definition) is 4. The number of nitrogens with one attached hydrogen (secondary N) is 2. The van der Waals surface area contributed by atoms with Crippen LogP contribution in [0.25, 0.3) is 0 Å². The summed E-state index contributed by atoms with van der Waals surface area (Å²) >= 11 is 12.0. The highest BCUT2D eigenvalue weighted by Crippen LogP contribution is 2.26. The molecular weight excluding hydrogens is 379 g/mol. The average Bonchev–Trinajstić information content (AvgIpc) is 3.04. The summed E-state index contributed by atoms with van der Waals surface area (Å²) < 4.78 is 5.13. The Morgan fingerprint density at radius 3 is 2.42 bits per heavy atom. The summed E-state index contributed by atoms with van der Waals surface area (Å²) in [5.41, 5.74) is 1.15. The van der Waals surface area contributed by atoms with Crippen molar-refractivity contribution in [3.05, 3.63) is 57.3 Å². The first kappa shape index (κ1) is 20.0. The Bertz CT molecular complexity index is 847. The fourth-order valence-corrected chi connectivity index (χ4v) is 2.83. The minimum atomic E-state index is -1.03. The first-order valence-corrected chi connectivity index (χ1v) is 8.60. The Labute approximate surface area is 160 Å². The SMILES string of the molecule is CC(=O)c1c[nH]c(C(=O)O[C@H](C)C(=O)N[C@H](C)c2ccc(Cl)cc2Cl)c1. The molecule has 26 heavy (non-hydrogen) atoms. The van der Waals surface area contributed by atoms with Crippen LogP contribution in [0.1, 0.15) is 53.2 Å². The van der Waals surface area contributed by atoms with Crippen LogP contribution in [0.4, 0.5) is 0 Å². The van der Waals surface area contributed by atoms with Gasteiger partial charge in [0.2, 0.25) is 0 Å². The third-order valence-corrected chi connectivity index (χ3v) is 4.31. The highest BCUT2D eigenvalue weighted by atomic mass is 35.5. The van der Waals surface area contributed by atoms with Crippen LogP contribution in [-0.2, 0) is 9.53 Å². The summed E-state index contributed by atoms with van der Waals surface area (Å²) in [4.78, 5) is 38.2. The van der Waals surface area contributed by atoms with Crippen molar-refractivity contribution in [3.8, 4) is 0 Å². The van der Waals surface area contributed by atoms with Crippen LogP contribution in [0.15, 0.2) is 30.5 Å². The lowest BCUT2D eigenvalue weighted by atomic mass is 10.1. The van der Waals surface area contributed by atoms with Gasteiger partial charge in [0.25, 0.3) is 5.91 Å². The molecule has 1 amide bonds. The summed E-state index contributed by atoms with van der Waals surface area (Å²) in [5, 5.41) is 3.65. The molecule has 0 saturated heterocycles. The number of carbonyl (C=O) groups is 3. The van der Waals surface area contributed by atoms with Gasteiger partial charge in [-0.2, -0.15) is 0 Å². The number of Topliss-reactive ketones (excluding diaryl/α,β-unsaturated/α-hetero) is 1. The molecule has 2 rings (SSSR count). The highest BCUT2D eigenvalue weighted by molar-refractivity contribution is 6.35. The van der Waals surface area contributed by atoms with Crippen LogP contribution in [0.5, 0.6) is 0 Å². The molecule has 0 saturated carbocycles. The summed E-state index contributed by atoms with van der Waals surface area (Å²) in [5.74, 6) is -1.38. The number of aromatic nitrogens is 1. The molecule has 0 aliphatic heterocycles. The Kier molecular flexibility index (Phi) is 6.45. The molecule has 0 radical (unpaired) electrons. The van der Waals surface area contributed by atoms with E-state index in [1.807, 2.05) is 0 Å². The second kappa shape index (κ2) is 8.38. The number of carbonyl (C=O) groups excluding carboxylic acids is 3. The number of halogens is 2. The van der Waals surface area contributed by atoms with Gasteiger partial charge in [-0.15, -0.1) is 0 Å². The predicted molar refractivity (Wildman–Crippen MR) is 98.7 cm³/mol. The Morgan fingerprint density at radius 1 is 1.15 bits per heavy atom. The van der Waals surface area contributed by atoms with Crippen LogP contribution in [-0.4, -0.2) is 28.7 Å². The summed E-state index contributed by atoms with van der Waals surface area (Å²) in [6.45, 7) is 4.60. The molecule has 0 fully saturated rings. The third-order valence-electron chi connectivity index (χ3n) is 3.75. The van der Waals surface area contributed by atoms with Crippen molar-refractivity contribution in [2.45, 2.75) is 32.9 Å². The van der Waals surface area contributed by atoms with Crippen LogP contribution < -0.4 is 5.32 Å². The number of esters is 1. The van der Waals surface area contributed by atoms with E-state index < -0.39 is 24.0 Å². The van der Waals surface area contributed by atoms with Crippen molar-refractivity contribution in [2.24, 2.45) is 0 Å². The molecule has 138 valence electrons. The standard InChI is InChI=1S/C18H18Cl2N2O4/c1-9(14-5-4-13(19)7-15(14)20)22-17(24)11(3)26-18(25)16-6-12(8-21-16)10(2)23/h4-9,11,21H,1-3H3,(H,22,24)/t9-,11-/m1/s1. The maximum absolute atomic E-state index is 12.3. The number of benzene rings is 1. The van der Waals surface area contributed by atoms with E-state index in [9.17, 15) is 14.4 Å². The van der Waals surface area contributed by atoms with Gasteiger partial charge in [0.15, 0.2) is 11.9 Å². The third kappa shape index (κ3) is 4.86. The minimum Gasteiger partial charge on any atom is -0.448 e. The molecule has 1 aromatic heterocycles. The van der Waals surface area contributed by atoms with Gasteiger partial charge in [-0.25, -0.2) is 4.79 Å². The highest BCUT2D eigenvalue weighted by Gasteiger charge is 2.22. The van der Waals surface area contributed by atoms with Crippen molar-refractivity contribution in [2.75, 3.05) is 0 Å². The topological polar surface area (TPSA) is 88.3 Å². The number of ketones is 1. The zero-order valence-corrected chi connectivity index (χ0v) is 15.9. The quantitative estimate of drug-likeness (QED) is 0.571. The molecule has 2 aromatic rings. The van der Waals surface area contributed by atoms with E-state index in [1.54, 1.807) is 25.1 Å². The van der Waals surface area contributed by atoms with Crippen LogP contribution in [0.3, 0.4) is 0 Å². The van der Waals surface area contributed by atoms with E-state index >= 15 is 0 Å². The van der Waals surface area contributed by atoms with E-state index in [1.165, 1.54) is 26.1 Å². The molecule has 0 unspecified atom stereocenters. The summed E-state index contributed by atoms with van der Waals surface area (Å²) in [7, 11) is 0. The number of H-pyrrole nitrogens is 1. The first-order valence-electron chi connectivity index (χ1n) is 7.84. The number of aromatic amines is 1. The van der Waals surface area contributed by atoms with Gasteiger partial charge in [0, 0.05) is 21.8 Å². The van der Waals surface area contributed by atoms with Gasteiger partial charge < -0.3 is 15.0 Å². The van der Waals surface area contributed by atoms with Crippen molar-refractivity contribution in [3.63, 3.8) is 0 Å². The van der Waals surface area contributed by atoms with E-state index in [2.05, 4.69) is 10.3 Å². The zero-order valence-electron chi connectivity index (χ0n) is 14.4. The van der Waals surface area contributed by atoms with Gasteiger partial charge in [-0.05, 0) is 44.5 Å². The molecule has 0 bridgehead atoms. The number of hydrogen-bond donors (Lipinski definition) is 2. The molecule has 1 heterocycles. The lowest BCUT2D eigenvalue weighted by Gasteiger charge is -2.19. The monoisotopic (exact) mass is 396 g/mol. The van der Waals surface area contributed by atoms with Crippen molar-refractivity contribution in [1.29, 1.82) is 0 Å². The Morgan fingerprint density at radius 2 is 1.85 bits per heavy atom. The molecule has 0 aliphatic carbocycles. The van der Waals surface area contributed by atoms with Gasteiger partial charge in [-0.3, -0.25) is 9.59 Å². The molecule has 8 heteroatoms. The zero-order chi connectivity index (χ0) is 19.4. The number of amides is 1. The fourth-order valence-electron chi connectivity index (χ4n) is 2.25. The van der Waals surface area contributed by atoms with Crippen molar-refractivity contribution in [1.82, 2.24) is 10.3 Å². The maximum atomic E-state index is 12.3. The number of ether oxygens (including phenoxy) is 1. The predicted octanol–water partition coefficient (Wildman–Crippen LogP) is 3.95. The molecular formula is C18H18Cl2N2O4. The van der Waals surface area contributed by atoms with Crippen LogP contribution in [0.2, 0.25) is 10.0 Å². The van der Waals surface area contributed by atoms with E-state index in [4.69, 9.17) is 27.9 Å². The van der Waals surface area contributed by atoms with Crippen LogP contribution >= 0.6 is 23.2 Å². The van der Waals surface area contributed by atoms with Gasteiger partial charge in [-0.1, -0.05) is 29.3 Å². The number of rotatable bonds is 6. The smallest absolute Gasteiger partial charge is 0.355 e. The van der Waals surface area contributed by atoms with E-state index in [-0.39, 0.29) is 11.5 Å². The Hall–Kier alpha value is -2.31. The van der Waals surface area contributed by atoms with Gasteiger partial charge >= 0.3 is 5.97 Å². The summed E-state index contributed by atoms with van der Waals surface area (Å²) in [6, 6.07) is 5.96. The van der Waals surface area contributed by atoms with Crippen LogP contribution in [0, 0.1) is 0 Å². The van der Waals surface area contributed by atoms with Crippen molar-refractivity contribution < 1.29 is 19.1 Å². The lowest BCUT2D eigenvalue weighted by Crippen LogP contribution is -2.37. The largest absolute Gasteiger partial charge is 0.448 e. The average molecular weight is 397 g/mol. The molecule has 1 aromatic carbocycles. The van der Waals surface area contributed by atoms with Gasteiger partial charge in [0.1, 0.15) is 5.69 Å². The molecule has 2 atom stereocenters. The van der Waals surface area contributed by atoms with Crippen molar-refractivity contribution >= 4 is 40.9 Å². The normalized spacial score (nSPS) is 13.0. The molecule has 2 N–H and O–H groups in total. The first-order chi connectivity index (χ1) is 12.2. The maximum Gasteiger partial charge on any atom is 0.355 e. The van der Waals surface area contributed by atoms with Gasteiger partial charge in [0.05, 0.1) is 6.04 Å². The lowest BCUT2D eigenvalue weighted by molar-refractivity contribution is -0.129. The van der Waals surface area contributed by atoms with E-state index in [0.29, 0.717) is 21.2 Å². The fraction of sp³-hybridized carbons (Fsp3) is 0.278. The molecule has 6 nitrogen and oxygen atoms in total. The Balaban J connectivity index is 1.97. The van der Waals surface area contributed by atoms with E-state index in [0.717, 1.165) is 0 Å².